The van der Waals surface area contributed by atoms with Crippen LogP contribution in [-0.4, -0.2) is 37.0 Å². The lowest BCUT2D eigenvalue weighted by atomic mass is 9.91. The molecule has 4 nitrogen and oxygen atoms in total. The summed E-state index contributed by atoms with van der Waals surface area (Å²) in [6.45, 7) is 9.71. The van der Waals surface area contributed by atoms with Crippen LogP contribution in [0.5, 0.6) is 0 Å². The van der Waals surface area contributed by atoms with Gasteiger partial charge in [0.1, 0.15) is 0 Å². The van der Waals surface area contributed by atoms with Gasteiger partial charge in [-0.3, -0.25) is 9.69 Å². The van der Waals surface area contributed by atoms with Gasteiger partial charge < -0.3 is 10.6 Å². The fourth-order valence-electron chi connectivity index (χ4n) is 5.19. The molecule has 0 radical (unpaired) electrons. The van der Waals surface area contributed by atoms with Crippen molar-refractivity contribution in [2.75, 3.05) is 26.2 Å². The van der Waals surface area contributed by atoms with Crippen molar-refractivity contribution in [1.82, 2.24) is 15.5 Å². The van der Waals surface area contributed by atoms with Crippen LogP contribution in [0.25, 0.3) is 10.8 Å². The standard InChI is InChI=1S/C32H41N3O/c1-25(28-19-12-17-26-14-8-9-18-29(26)28)33-21-13-20-32(2,3)31(36)34-24-30(27-15-6-4-7-16-27)35-22-10-5-11-23-35/h4,6-9,12-20,25,30,33H,5,10-11,21-24H2,1-3H3,(H,34,36)/b20-13+/t25-,30?/m1/s1. The van der Waals surface area contributed by atoms with E-state index in [0.717, 1.165) is 13.1 Å². The number of likely N-dealkylation sites (tertiary alicyclic amines) is 1. The van der Waals surface area contributed by atoms with Crippen molar-refractivity contribution < 1.29 is 4.79 Å². The van der Waals surface area contributed by atoms with E-state index in [1.165, 1.54) is 41.2 Å². The number of benzene rings is 3. The van der Waals surface area contributed by atoms with Crippen molar-refractivity contribution in [2.24, 2.45) is 5.41 Å². The maximum Gasteiger partial charge on any atom is 0.229 e. The minimum atomic E-state index is -0.576. The number of rotatable bonds is 10. The lowest BCUT2D eigenvalue weighted by molar-refractivity contribution is -0.127. The quantitative estimate of drug-likeness (QED) is 0.327. The largest absolute Gasteiger partial charge is 0.353 e. The van der Waals surface area contributed by atoms with Gasteiger partial charge in [0.2, 0.25) is 5.91 Å². The highest BCUT2D eigenvalue weighted by Gasteiger charge is 2.27. The minimum Gasteiger partial charge on any atom is -0.353 e. The maximum atomic E-state index is 13.2. The van der Waals surface area contributed by atoms with E-state index in [-0.39, 0.29) is 18.0 Å². The zero-order valence-corrected chi connectivity index (χ0v) is 22.0. The molecule has 1 heterocycles. The van der Waals surface area contributed by atoms with E-state index >= 15 is 0 Å². The number of nitrogens with one attached hydrogen (secondary N) is 2. The number of nitrogens with zero attached hydrogens (tertiary/aromatic N) is 1. The number of hydrogen-bond donors (Lipinski definition) is 2. The molecule has 0 aromatic heterocycles. The van der Waals surface area contributed by atoms with Crippen LogP contribution in [0, 0.1) is 5.41 Å². The van der Waals surface area contributed by atoms with E-state index in [9.17, 15) is 4.79 Å². The molecule has 3 aromatic carbocycles. The first-order valence-electron chi connectivity index (χ1n) is 13.4. The molecule has 1 aliphatic rings. The van der Waals surface area contributed by atoms with Crippen LogP contribution in [0.1, 0.15) is 63.2 Å². The van der Waals surface area contributed by atoms with Crippen LogP contribution < -0.4 is 10.6 Å². The Bertz CT molecular complexity index is 1140. The fraction of sp³-hybridized carbons (Fsp3) is 0.406. The van der Waals surface area contributed by atoms with Crippen LogP contribution >= 0.6 is 0 Å². The Balaban J connectivity index is 1.32. The summed E-state index contributed by atoms with van der Waals surface area (Å²) in [5.74, 6) is 0.0683. The highest BCUT2D eigenvalue weighted by atomic mass is 16.2. The molecule has 1 aliphatic heterocycles. The zero-order valence-electron chi connectivity index (χ0n) is 22.0. The lowest BCUT2D eigenvalue weighted by Gasteiger charge is -2.35. The third-order valence-corrected chi connectivity index (χ3v) is 7.42. The van der Waals surface area contributed by atoms with Gasteiger partial charge in [0, 0.05) is 19.1 Å². The van der Waals surface area contributed by atoms with Gasteiger partial charge in [0.05, 0.1) is 11.5 Å². The summed E-state index contributed by atoms with van der Waals surface area (Å²) >= 11 is 0. The predicted octanol–water partition coefficient (Wildman–Crippen LogP) is 6.42. The number of amides is 1. The molecular formula is C32H41N3O. The summed E-state index contributed by atoms with van der Waals surface area (Å²) < 4.78 is 0. The van der Waals surface area contributed by atoms with E-state index in [0.29, 0.717) is 13.1 Å². The minimum absolute atomic E-state index is 0.0683. The van der Waals surface area contributed by atoms with Crippen molar-refractivity contribution in [3.63, 3.8) is 0 Å². The number of carbonyl (C=O) groups is 1. The summed E-state index contributed by atoms with van der Waals surface area (Å²) in [6, 6.07) is 26.0. The molecule has 1 fully saturated rings. The monoisotopic (exact) mass is 483 g/mol. The van der Waals surface area contributed by atoms with Crippen LogP contribution in [0.15, 0.2) is 84.9 Å². The van der Waals surface area contributed by atoms with Gasteiger partial charge in [-0.2, -0.15) is 0 Å². The molecule has 0 spiro atoms. The van der Waals surface area contributed by atoms with Gasteiger partial charge in [-0.15, -0.1) is 0 Å². The Hall–Kier alpha value is -2.95. The zero-order chi connectivity index (χ0) is 25.4. The molecule has 3 aromatic rings. The van der Waals surface area contributed by atoms with Crippen LogP contribution in [0.4, 0.5) is 0 Å². The van der Waals surface area contributed by atoms with Gasteiger partial charge in [0.15, 0.2) is 0 Å². The molecule has 0 bridgehead atoms. The molecule has 190 valence electrons. The molecule has 1 amide bonds. The van der Waals surface area contributed by atoms with E-state index in [1.807, 2.05) is 19.9 Å². The number of carbonyl (C=O) groups excluding carboxylic acids is 1. The second-order valence-corrected chi connectivity index (χ2v) is 10.6. The van der Waals surface area contributed by atoms with E-state index in [4.69, 9.17) is 0 Å². The SMILES string of the molecule is C[C@@H](NC/C=C/C(C)(C)C(=O)NCC(c1ccccc1)N1CCCCC1)c1cccc2ccccc12. The summed E-state index contributed by atoms with van der Waals surface area (Å²) in [6.07, 6.45) is 7.88. The normalized spacial score (nSPS) is 16.8. The number of piperidine rings is 1. The van der Waals surface area contributed by atoms with Crippen molar-refractivity contribution >= 4 is 16.7 Å². The summed E-state index contributed by atoms with van der Waals surface area (Å²) in [5.41, 5.74) is 2.00. The molecule has 1 saturated heterocycles. The summed E-state index contributed by atoms with van der Waals surface area (Å²) in [7, 11) is 0. The van der Waals surface area contributed by atoms with Crippen LogP contribution in [0.3, 0.4) is 0 Å². The molecule has 36 heavy (non-hydrogen) atoms. The van der Waals surface area contributed by atoms with E-state index < -0.39 is 5.41 Å². The first-order chi connectivity index (χ1) is 17.5. The third kappa shape index (κ3) is 6.63. The van der Waals surface area contributed by atoms with Gasteiger partial charge in [-0.05, 0) is 68.6 Å². The summed E-state index contributed by atoms with van der Waals surface area (Å²) in [4.78, 5) is 15.7. The van der Waals surface area contributed by atoms with Gasteiger partial charge in [-0.25, -0.2) is 0 Å². The smallest absolute Gasteiger partial charge is 0.229 e. The second kappa shape index (κ2) is 12.3. The Morgan fingerprint density at radius 1 is 0.944 bits per heavy atom. The summed E-state index contributed by atoms with van der Waals surface area (Å²) in [5, 5.41) is 9.40. The molecule has 2 N–H and O–H groups in total. The van der Waals surface area contributed by atoms with Crippen molar-refractivity contribution in [3.05, 3.63) is 96.1 Å². The molecule has 4 heteroatoms. The average Bonchev–Trinajstić information content (AvgIpc) is 2.92. The molecular weight excluding hydrogens is 442 g/mol. The van der Waals surface area contributed by atoms with Crippen molar-refractivity contribution in [3.8, 4) is 0 Å². The Labute approximate surface area is 216 Å². The van der Waals surface area contributed by atoms with Gasteiger partial charge in [0.25, 0.3) is 0 Å². The topological polar surface area (TPSA) is 44.4 Å². The van der Waals surface area contributed by atoms with E-state index in [1.54, 1.807) is 0 Å². The molecule has 1 unspecified atom stereocenters. The fourth-order valence-corrected chi connectivity index (χ4v) is 5.19. The highest BCUT2D eigenvalue weighted by molar-refractivity contribution is 5.86. The van der Waals surface area contributed by atoms with Crippen molar-refractivity contribution in [2.45, 2.75) is 52.1 Å². The number of fused-ring (bicyclic) bond motifs is 1. The van der Waals surface area contributed by atoms with Crippen molar-refractivity contribution in [1.29, 1.82) is 0 Å². The predicted molar refractivity (Wildman–Crippen MR) is 151 cm³/mol. The Kier molecular flexibility index (Phi) is 8.95. The first-order valence-corrected chi connectivity index (χ1v) is 13.4. The average molecular weight is 484 g/mol. The van der Waals surface area contributed by atoms with E-state index in [2.05, 4.69) is 101 Å². The molecule has 0 saturated carbocycles. The second-order valence-electron chi connectivity index (χ2n) is 10.6. The maximum absolute atomic E-state index is 13.2. The van der Waals surface area contributed by atoms with Gasteiger partial charge in [-0.1, -0.05) is 91.4 Å². The first kappa shape index (κ1) is 26.1. The van der Waals surface area contributed by atoms with Crippen LogP contribution in [0.2, 0.25) is 0 Å². The Morgan fingerprint density at radius 2 is 1.64 bits per heavy atom. The Morgan fingerprint density at radius 3 is 2.42 bits per heavy atom. The highest BCUT2D eigenvalue weighted by Crippen LogP contribution is 2.26. The van der Waals surface area contributed by atoms with Gasteiger partial charge >= 0.3 is 0 Å². The lowest BCUT2D eigenvalue weighted by Crippen LogP contribution is -2.43. The molecule has 2 atom stereocenters. The molecule has 0 aliphatic carbocycles. The van der Waals surface area contributed by atoms with Crippen LogP contribution in [-0.2, 0) is 4.79 Å². The third-order valence-electron chi connectivity index (χ3n) is 7.42. The molecule has 4 rings (SSSR count). The number of hydrogen-bond acceptors (Lipinski definition) is 3.